The summed E-state index contributed by atoms with van der Waals surface area (Å²) in [6.45, 7) is 1.76. The van der Waals surface area contributed by atoms with Crippen molar-refractivity contribution in [1.82, 2.24) is 4.98 Å². The van der Waals surface area contributed by atoms with Gasteiger partial charge in [-0.05, 0) is 43.3 Å². The molecule has 2 heterocycles. The zero-order valence-corrected chi connectivity index (χ0v) is 18.7. The molecule has 0 unspecified atom stereocenters. The monoisotopic (exact) mass is 480 g/mol. The number of nitrogens with one attached hydrogen (secondary N) is 1. The summed E-state index contributed by atoms with van der Waals surface area (Å²) in [5, 5.41) is 3.09. The van der Waals surface area contributed by atoms with E-state index in [0.717, 1.165) is 0 Å². The third-order valence-electron chi connectivity index (χ3n) is 4.97. The van der Waals surface area contributed by atoms with Crippen molar-refractivity contribution < 1.29 is 32.3 Å². The Morgan fingerprint density at radius 1 is 1.06 bits per heavy atom. The summed E-state index contributed by atoms with van der Waals surface area (Å²) in [7, 11) is 0. The summed E-state index contributed by atoms with van der Waals surface area (Å²) in [5.74, 6) is -0.0520. The first-order valence-corrected chi connectivity index (χ1v) is 10.8. The van der Waals surface area contributed by atoms with E-state index in [2.05, 4.69) is 10.3 Å². The van der Waals surface area contributed by atoms with Crippen molar-refractivity contribution in [2.75, 3.05) is 11.9 Å². The second-order valence-corrected chi connectivity index (χ2v) is 7.43. The van der Waals surface area contributed by atoms with Gasteiger partial charge in [0.1, 0.15) is 18.0 Å². The predicted molar refractivity (Wildman–Crippen MR) is 123 cm³/mol. The first kappa shape index (κ1) is 23.7. The first-order valence-electron chi connectivity index (χ1n) is 10.8. The zero-order valence-electron chi connectivity index (χ0n) is 18.7. The van der Waals surface area contributed by atoms with Crippen LogP contribution in [0.25, 0.3) is 22.3 Å². The van der Waals surface area contributed by atoms with Crippen molar-refractivity contribution in [1.29, 1.82) is 0 Å². The maximum atomic E-state index is 13.1. The second-order valence-electron chi connectivity index (χ2n) is 7.43. The molecule has 10 heteroatoms. The van der Waals surface area contributed by atoms with Crippen molar-refractivity contribution in [3.63, 3.8) is 0 Å². The Hall–Kier alpha value is -4.47. The maximum absolute atomic E-state index is 13.1. The minimum Gasteiger partial charge on any atom is -0.461 e. The molecule has 2 aromatic carbocycles. The van der Waals surface area contributed by atoms with Crippen LogP contribution in [0.2, 0.25) is 0 Å². The molecule has 0 aliphatic carbocycles. The van der Waals surface area contributed by atoms with Gasteiger partial charge in [0.25, 0.3) is 0 Å². The van der Waals surface area contributed by atoms with Crippen LogP contribution in [0.15, 0.2) is 68.4 Å². The highest BCUT2D eigenvalue weighted by Crippen LogP contribution is 2.23. The first-order chi connectivity index (χ1) is 16.9. The largest absolute Gasteiger partial charge is 0.461 e. The Kier molecular flexibility index (Phi) is 7.20. The van der Waals surface area contributed by atoms with Gasteiger partial charge in [0, 0.05) is 40.8 Å². The fourth-order valence-electron chi connectivity index (χ4n) is 3.32. The average Bonchev–Trinajstić information content (AvgIpc) is 3.30. The minimum atomic E-state index is -0.630. The number of hydrogen-bond donors (Lipinski definition) is 1. The molecular formula is C25H21FN2O7. The van der Waals surface area contributed by atoms with Crippen molar-refractivity contribution in [3.8, 4) is 11.3 Å². The molecule has 9 nitrogen and oxygen atoms in total. The van der Waals surface area contributed by atoms with Gasteiger partial charge in [-0.3, -0.25) is 10.1 Å². The lowest BCUT2D eigenvalue weighted by Gasteiger charge is -2.09. The Balaban J connectivity index is 1.36. The van der Waals surface area contributed by atoms with Gasteiger partial charge in [-0.2, -0.15) is 0 Å². The Labute approximate surface area is 198 Å². The van der Waals surface area contributed by atoms with Crippen LogP contribution in [0, 0.1) is 5.82 Å². The molecule has 0 bridgehead atoms. The van der Waals surface area contributed by atoms with Crippen molar-refractivity contribution in [3.05, 3.63) is 82.4 Å². The number of amides is 1. The summed E-state index contributed by atoms with van der Waals surface area (Å²) in [6.07, 6.45) is 1.10. The number of anilines is 1. The number of oxazole rings is 1. The highest BCUT2D eigenvalue weighted by molar-refractivity contribution is 5.90. The third kappa shape index (κ3) is 6.11. The molecule has 0 fully saturated rings. The molecule has 35 heavy (non-hydrogen) atoms. The molecule has 0 saturated carbocycles. The van der Waals surface area contributed by atoms with Gasteiger partial charge in [-0.1, -0.05) is 0 Å². The fourth-order valence-corrected chi connectivity index (χ4v) is 3.32. The minimum absolute atomic E-state index is 0.0103. The number of carbonyl (C=O) groups is 2. The summed E-state index contributed by atoms with van der Waals surface area (Å²) < 4.78 is 34.1. The van der Waals surface area contributed by atoms with Gasteiger partial charge >= 0.3 is 17.7 Å². The van der Waals surface area contributed by atoms with E-state index in [1.807, 2.05) is 0 Å². The number of aromatic nitrogens is 1. The molecule has 0 aliphatic rings. The number of nitrogens with zero attached hydrogens (tertiary/aromatic N) is 1. The smallest absolute Gasteiger partial charge is 0.411 e. The highest BCUT2D eigenvalue weighted by Gasteiger charge is 2.13. The average molecular weight is 480 g/mol. The van der Waals surface area contributed by atoms with Crippen LogP contribution in [0.1, 0.15) is 24.8 Å². The Morgan fingerprint density at radius 3 is 2.63 bits per heavy atom. The van der Waals surface area contributed by atoms with E-state index < -0.39 is 17.7 Å². The van der Waals surface area contributed by atoms with E-state index in [1.165, 1.54) is 30.5 Å². The zero-order chi connectivity index (χ0) is 24.8. The van der Waals surface area contributed by atoms with E-state index >= 15 is 0 Å². The molecule has 180 valence electrons. The number of aryl methyl sites for hydroxylation is 1. The number of fused-ring (bicyclic) bond motifs is 1. The quantitative estimate of drug-likeness (QED) is 0.281. The number of ether oxygens (including phenoxy) is 2. The molecule has 0 spiro atoms. The van der Waals surface area contributed by atoms with Crippen LogP contribution in [0.3, 0.4) is 0 Å². The standard InChI is InChI=1S/C25H21FN2O7/c1-2-32-25(31)28-18-7-8-19-16(11-24(30)35-20(19)12-18)14-33-23(29)10-9-22-27-13-21(34-22)15-3-5-17(26)6-4-15/h3-8,11-13H,2,9-10,14H2,1H3,(H,28,31). The Morgan fingerprint density at radius 2 is 1.86 bits per heavy atom. The normalized spacial score (nSPS) is 10.8. The third-order valence-corrected chi connectivity index (χ3v) is 4.97. The molecule has 0 radical (unpaired) electrons. The van der Waals surface area contributed by atoms with E-state index in [9.17, 15) is 18.8 Å². The maximum Gasteiger partial charge on any atom is 0.411 e. The fraction of sp³-hybridized carbons (Fsp3) is 0.200. The summed E-state index contributed by atoms with van der Waals surface area (Å²) >= 11 is 0. The molecule has 1 amide bonds. The van der Waals surface area contributed by atoms with Crippen molar-refractivity contribution >= 4 is 28.7 Å². The highest BCUT2D eigenvalue weighted by atomic mass is 19.1. The number of halogens is 1. The van der Waals surface area contributed by atoms with Gasteiger partial charge in [-0.25, -0.2) is 19.0 Å². The molecular weight excluding hydrogens is 459 g/mol. The predicted octanol–water partition coefficient (Wildman–Crippen LogP) is 4.83. The number of esters is 1. The molecule has 4 aromatic rings. The van der Waals surface area contributed by atoms with Gasteiger partial charge in [0.15, 0.2) is 11.7 Å². The number of benzene rings is 2. The lowest BCUT2D eigenvalue weighted by atomic mass is 10.1. The summed E-state index contributed by atoms with van der Waals surface area (Å²) in [6, 6.07) is 11.8. The molecule has 0 saturated heterocycles. The van der Waals surface area contributed by atoms with Crippen molar-refractivity contribution in [2.45, 2.75) is 26.4 Å². The molecule has 2 aromatic heterocycles. The topological polar surface area (TPSA) is 121 Å². The second kappa shape index (κ2) is 10.6. The summed E-state index contributed by atoms with van der Waals surface area (Å²) in [5.41, 5.74) is 1.13. The molecule has 0 atom stereocenters. The van der Waals surface area contributed by atoms with Crippen molar-refractivity contribution in [2.24, 2.45) is 0 Å². The van der Waals surface area contributed by atoms with Crippen LogP contribution in [-0.2, 0) is 27.3 Å². The van der Waals surface area contributed by atoms with E-state index in [1.54, 1.807) is 31.2 Å². The van der Waals surface area contributed by atoms with E-state index in [-0.39, 0.29) is 37.5 Å². The molecule has 1 N–H and O–H groups in total. The van der Waals surface area contributed by atoms with Crippen LogP contribution in [0.4, 0.5) is 14.9 Å². The van der Waals surface area contributed by atoms with Gasteiger partial charge < -0.3 is 18.3 Å². The van der Waals surface area contributed by atoms with Gasteiger partial charge in [0.2, 0.25) is 0 Å². The van der Waals surface area contributed by atoms with E-state index in [0.29, 0.717) is 33.9 Å². The van der Waals surface area contributed by atoms with Crippen LogP contribution < -0.4 is 10.9 Å². The lowest BCUT2D eigenvalue weighted by Crippen LogP contribution is -2.13. The SMILES string of the molecule is CCOC(=O)Nc1ccc2c(COC(=O)CCc3ncc(-c4ccc(F)cc4)o3)cc(=O)oc2c1. The number of carbonyl (C=O) groups excluding carboxylic acids is 2. The lowest BCUT2D eigenvalue weighted by molar-refractivity contribution is -0.144. The Bertz CT molecular complexity index is 1410. The van der Waals surface area contributed by atoms with E-state index in [4.69, 9.17) is 18.3 Å². The number of rotatable bonds is 8. The molecule has 0 aliphatic heterocycles. The van der Waals surface area contributed by atoms with Crippen LogP contribution in [0.5, 0.6) is 0 Å². The van der Waals surface area contributed by atoms with Crippen LogP contribution in [-0.4, -0.2) is 23.7 Å². The van der Waals surface area contributed by atoms with Crippen LogP contribution >= 0.6 is 0 Å². The summed E-state index contributed by atoms with van der Waals surface area (Å²) in [4.78, 5) is 40.0. The van der Waals surface area contributed by atoms with Gasteiger partial charge in [-0.15, -0.1) is 0 Å². The number of hydrogen-bond acceptors (Lipinski definition) is 8. The molecule has 4 rings (SSSR count). The van der Waals surface area contributed by atoms with Gasteiger partial charge in [0.05, 0.1) is 19.2 Å².